The SMILES string of the molecule is O=CC1CC(c2ccccc2)Oc2cc(O)ccc21. The lowest BCUT2D eigenvalue weighted by molar-refractivity contribution is -0.110. The zero-order valence-electron chi connectivity index (χ0n) is 10.3. The summed E-state index contributed by atoms with van der Waals surface area (Å²) in [5.74, 6) is 0.559. The van der Waals surface area contributed by atoms with Crippen LogP contribution >= 0.6 is 0 Å². The molecule has 1 N–H and O–H groups in total. The van der Waals surface area contributed by atoms with Crippen molar-refractivity contribution in [2.45, 2.75) is 18.4 Å². The number of carbonyl (C=O) groups is 1. The lowest BCUT2D eigenvalue weighted by Crippen LogP contribution is -2.19. The molecule has 0 saturated carbocycles. The van der Waals surface area contributed by atoms with Gasteiger partial charge in [-0.2, -0.15) is 0 Å². The van der Waals surface area contributed by atoms with Crippen LogP contribution in [0, 0.1) is 0 Å². The Balaban J connectivity index is 1.99. The second-order valence-electron chi connectivity index (χ2n) is 4.72. The molecule has 2 aromatic carbocycles. The van der Waals surface area contributed by atoms with Crippen molar-refractivity contribution in [2.75, 3.05) is 0 Å². The number of aldehydes is 1. The molecule has 1 aliphatic heterocycles. The van der Waals surface area contributed by atoms with Crippen molar-refractivity contribution in [1.82, 2.24) is 0 Å². The summed E-state index contributed by atoms with van der Waals surface area (Å²) in [5, 5.41) is 9.54. The largest absolute Gasteiger partial charge is 0.508 e. The van der Waals surface area contributed by atoms with E-state index in [0.717, 1.165) is 17.4 Å². The van der Waals surface area contributed by atoms with Crippen molar-refractivity contribution in [3.8, 4) is 11.5 Å². The zero-order chi connectivity index (χ0) is 13.2. The predicted octanol–water partition coefficient (Wildman–Crippen LogP) is 3.20. The highest BCUT2D eigenvalue weighted by molar-refractivity contribution is 5.66. The molecular weight excluding hydrogens is 240 g/mol. The van der Waals surface area contributed by atoms with Crippen LogP contribution in [0.2, 0.25) is 0 Å². The fourth-order valence-corrected chi connectivity index (χ4v) is 2.49. The number of phenolic OH excluding ortho intramolecular Hbond substituents is 1. The molecule has 19 heavy (non-hydrogen) atoms. The first-order valence-corrected chi connectivity index (χ1v) is 6.28. The second-order valence-corrected chi connectivity index (χ2v) is 4.72. The normalized spacial score (nSPS) is 21.3. The van der Waals surface area contributed by atoms with Gasteiger partial charge in [0.15, 0.2) is 0 Å². The van der Waals surface area contributed by atoms with Gasteiger partial charge in [0.1, 0.15) is 23.9 Å². The van der Waals surface area contributed by atoms with Gasteiger partial charge < -0.3 is 14.6 Å². The number of rotatable bonds is 2. The summed E-state index contributed by atoms with van der Waals surface area (Å²) >= 11 is 0. The molecule has 3 nitrogen and oxygen atoms in total. The van der Waals surface area contributed by atoms with Crippen LogP contribution in [0.4, 0.5) is 0 Å². The predicted molar refractivity (Wildman–Crippen MR) is 71.3 cm³/mol. The molecule has 0 bridgehead atoms. The van der Waals surface area contributed by atoms with E-state index < -0.39 is 0 Å². The van der Waals surface area contributed by atoms with E-state index in [1.165, 1.54) is 0 Å². The van der Waals surface area contributed by atoms with Gasteiger partial charge in [0.05, 0.1) is 0 Å². The van der Waals surface area contributed by atoms with E-state index in [2.05, 4.69) is 0 Å². The van der Waals surface area contributed by atoms with E-state index in [-0.39, 0.29) is 17.8 Å². The lowest BCUT2D eigenvalue weighted by Gasteiger charge is -2.30. The van der Waals surface area contributed by atoms with Crippen LogP contribution in [0.3, 0.4) is 0 Å². The van der Waals surface area contributed by atoms with Gasteiger partial charge in [-0.25, -0.2) is 0 Å². The minimum Gasteiger partial charge on any atom is -0.508 e. The first-order valence-electron chi connectivity index (χ1n) is 6.28. The second kappa shape index (κ2) is 4.76. The Kier molecular flexibility index (Phi) is 2.95. The molecule has 0 spiro atoms. The number of aromatic hydroxyl groups is 1. The molecule has 2 unspecified atom stereocenters. The van der Waals surface area contributed by atoms with Gasteiger partial charge in [-0.1, -0.05) is 36.4 Å². The first kappa shape index (κ1) is 11.8. The molecule has 2 aromatic rings. The summed E-state index contributed by atoms with van der Waals surface area (Å²) in [6.45, 7) is 0. The fourth-order valence-electron chi connectivity index (χ4n) is 2.49. The van der Waals surface area contributed by atoms with Crippen molar-refractivity contribution in [1.29, 1.82) is 0 Å². The highest BCUT2D eigenvalue weighted by Crippen LogP contribution is 2.42. The Morgan fingerprint density at radius 2 is 1.95 bits per heavy atom. The van der Waals surface area contributed by atoms with Gasteiger partial charge in [-0.05, 0) is 11.6 Å². The first-order chi connectivity index (χ1) is 9.28. The molecule has 3 rings (SSSR count). The molecule has 0 radical (unpaired) electrons. The molecule has 2 atom stereocenters. The number of phenols is 1. The zero-order valence-corrected chi connectivity index (χ0v) is 10.3. The average molecular weight is 254 g/mol. The average Bonchev–Trinajstić information content (AvgIpc) is 2.46. The van der Waals surface area contributed by atoms with E-state index in [9.17, 15) is 9.90 Å². The van der Waals surface area contributed by atoms with E-state index in [0.29, 0.717) is 12.2 Å². The smallest absolute Gasteiger partial charge is 0.127 e. The number of hydrogen-bond donors (Lipinski definition) is 1. The summed E-state index contributed by atoms with van der Waals surface area (Å²) in [6.07, 6.45) is 1.44. The van der Waals surface area contributed by atoms with Gasteiger partial charge in [0.25, 0.3) is 0 Å². The Bertz CT molecular complexity index is 592. The Labute approximate surface area is 111 Å². The molecule has 0 amide bonds. The number of carbonyl (C=O) groups excluding carboxylic acids is 1. The van der Waals surface area contributed by atoms with E-state index >= 15 is 0 Å². The molecule has 3 heteroatoms. The highest BCUT2D eigenvalue weighted by Gasteiger charge is 2.29. The van der Waals surface area contributed by atoms with Crippen molar-refractivity contribution in [2.24, 2.45) is 0 Å². The van der Waals surface area contributed by atoms with Crippen LogP contribution in [0.25, 0.3) is 0 Å². The summed E-state index contributed by atoms with van der Waals surface area (Å²) in [4.78, 5) is 11.3. The maximum absolute atomic E-state index is 11.3. The maximum Gasteiger partial charge on any atom is 0.127 e. The number of benzene rings is 2. The third-order valence-electron chi connectivity index (χ3n) is 3.47. The van der Waals surface area contributed by atoms with Gasteiger partial charge in [-0.3, -0.25) is 0 Å². The summed E-state index contributed by atoms with van der Waals surface area (Å²) in [5.41, 5.74) is 1.89. The third kappa shape index (κ3) is 2.19. The van der Waals surface area contributed by atoms with Crippen molar-refractivity contribution in [3.63, 3.8) is 0 Å². The van der Waals surface area contributed by atoms with Crippen LogP contribution in [0.5, 0.6) is 11.5 Å². The quantitative estimate of drug-likeness (QED) is 0.837. The van der Waals surface area contributed by atoms with Crippen molar-refractivity contribution < 1.29 is 14.6 Å². The fraction of sp³-hybridized carbons (Fsp3) is 0.188. The number of fused-ring (bicyclic) bond motifs is 1. The summed E-state index contributed by atoms with van der Waals surface area (Å²) in [6, 6.07) is 14.7. The van der Waals surface area contributed by atoms with Crippen LogP contribution in [-0.2, 0) is 4.79 Å². The van der Waals surface area contributed by atoms with Crippen LogP contribution in [0.1, 0.15) is 29.6 Å². The molecule has 0 fully saturated rings. The number of ether oxygens (including phenoxy) is 1. The van der Waals surface area contributed by atoms with Gasteiger partial charge in [0, 0.05) is 24.0 Å². The van der Waals surface area contributed by atoms with E-state index in [1.54, 1.807) is 18.2 Å². The minimum absolute atomic E-state index is 0.148. The summed E-state index contributed by atoms with van der Waals surface area (Å²) in [7, 11) is 0. The van der Waals surface area contributed by atoms with E-state index in [4.69, 9.17) is 4.74 Å². The molecule has 1 aliphatic rings. The van der Waals surface area contributed by atoms with E-state index in [1.807, 2.05) is 30.3 Å². The Morgan fingerprint density at radius 3 is 2.68 bits per heavy atom. The van der Waals surface area contributed by atoms with Crippen LogP contribution in [-0.4, -0.2) is 11.4 Å². The lowest BCUT2D eigenvalue weighted by atomic mass is 9.88. The molecular formula is C16H14O3. The molecule has 0 saturated heterocycles. The highest BCUT2D eigenvalue weighted by atomic mass is 16.5. The summed E-state index contributed by atoms with van der Waals surface area (Å²) < 4.78 is 5.91. The Hall–Kier alpha value is -2.29. The monoisotopic (exact) mass is 254 g/mol. The van der Waals surface area contributed by atoms with Crippen molar-refractivity contribution in [3.05, 3.63) is 59.7 Å². The van der Waals surface area contributed by atoms with Gasteiger partial charge in [0.2, 0.25) is 0 Å². The molecule has 1 heterocycles. The van der Waals surface area contributed by atoms with Crippen LogP contribution in [0.15, 0.2) is 48.5 Å². The van der Waals surface area contributed by atoms with Gasteiger partial charge in [-0.15, -0.1) is 0 Å². The topological polar surface area (TPSA) is 46.5 Å². The Morgan fingerprint density at radius 1 is 1.16 bits per heavy atom. The molecule has 0 aromatic heterocycles. The third-order valence-corrected chi connectivity index (χ3v) is 3.47. The standard InChI is InChI=1S/C16H14O3/c17-10-12-8-15(11-4-2-1-3-5-11)19-16-9-13(18)6-7-14(12)16/h1-7,9-10,12,15,18H,8H2. The molecule has 96 valence electrons. The van der Waals surface area contributed by atoms with Gasteiger partial charge >= 0.3 is 0 Å². The number of hydrogen-bond acceptors (Lipinski definition) is 3. The maximum atomic E-state index is 11.3. The minimum atomic E-state index is -0.186. The van der Waals surface area contributed by atoms with Crippen LogP contribution < -0.4 is 4.74 Å². The van der Waals surface area contributed by atoms with Crippen molar-refractivity contribution >= 4 is 6.29 Å². The molecule has 0 aliphatic carbocycles.